The summed E-state index contributed by atoms with van der Waals surface area (Å²) in [6.45, 7) is 12.7. The van der Waals surface area contributed by atoms with Gasteiger partial charge in [0.25, 0.3) is 10.0 Å². The van der Waals surface area contributed by atoms with Crippen molar-refractivity contribution in [2.75, 3.05) is 17.8 Å². The lowest BCUT2D eigenvalue weighted by Gasteiger charge is -2.29. The fourth-order valence-electron chi connectivity index (χ4n) is 4.14. The first kappa shape index (κ1) is 23.8. The second-order valence-electron chi connectivity index (χ2n) is 8.67. The zero-order valence-corrected chi connectivity index (χ0v) is 20.7. The second-order valence-corrected chi connectivity index (χ2v) is 12.2. The van der Waals surface area contributed by atoms with Crippen LogP contribution in [0.2, 0.25) is 0 Å². The molecule has 0 radical (unpaired) electrons. The van der Waals surface area contributed by atoms with Crippen LogP contribution < -0.4 is 4.72 Å². The molecule has 0 amide bonds. The summed E-state index contributed by atoms with van der Waals surface area (Å²) >= 11 is 0. The van der Waals surface area contributed by atoms with Gasteiger partial charge in [-0.1, -0.05) is 6.92 Å². The molecular formula is C23H32N2O4S2. The van der Waals surface area contributed by atoms with E-state index < -0.39 is 20.0 Å². The van der Waals surface area contributed by atoms with Crippen molar-refractivity contribution >= 4 is 25.7 Å². The number of sulfonamides is 2. The number of piperidine rings is 1. The Morgan fingerprint density at radius 1 is 0.774 bits per heavy atom. The van der Waals surface area contributed by atoms with Gasteiger partial charge in [-0.25, -0.2) is 16.8 Å². The predicted molar refractivity (Wildman–Crippen MR) is 125 cm³/mol. The van der Waals surface area contributed by atoms with Crippen LogP contribution >= 0.6 is 0 Å². The van der Waals surface area contributed by atoms with E-state index in [1.807, 2.05) is 34.6 Å². The van der Waals surface area contributed by atoms with Gasteiger partial charge < -0.3 is 0 Å². The average molecular weight is 465 g/mol. The van der Waals surface area contributed by atoms with E-state index in [-0.39, 0.29) is 9.79 Å². The topological polar surface area (TPSA) is 83.5 Å². The van der Waals surface area contributed by atoms with Crippen molar-refractivity contribution in [3.05, 3.63) is 52.1 Å². The third kappa shape index (κ3) is 4.52. The predicted octanol–water partition coefficient (Wildman–Crippen LogP) is 4.45. The van der Waals surface area contributed by atoms with Gasteiger partial charge in [0.15, 0.2) is 0 Å². The summed E-state index contributed by atoms with van der Waals surface area (Å²) in [6.07, 6.45) is 1.70. The smallest absolute Gasteiger partial charge is 0.262 e. The van der Waals surface area contributed by atoms with Crippen LogP contribution in [0.25, 0.3) is 0 Å². The summed E-state index contributed by atoms with van der Waals surface area (Å²) in [5.41, 5.74) is 4.80. The molecule has 0 unspecified atom stereocenters. The Morgan fingerprint density at radius 2 is 1.23 bits per heavy atom. The molecule has 0 saturated carbocycles. The first-order valence-corrected chi connectivity index (χ1v) is 13.5. The molecule has 0 spiro atoms. The highest BCUT2D eigenvalue weighted by atomic mass is 32.2. The van der Waals surface area contributed by atoms with Crippen LogP contribution in [0.5, 0.6) is 0 Å². The lowest BCUT2D eigenvalue weighted by Crippen LogP contribution is -2.37. The van der Waals surface area contributed by atoms with Crippen LogP contribution in [0.15, 0.2) is 34.1 Å². The summed E-state index contributed by atoms with van der Waals surface area (Å²) in [6, 6.07) is 5.96. The van der Waals surface area contributed by atoms with Crippen molar-refractivity contribution in [3.63, 3.8) is 0 Å². The van der Waals surface area contributed by atoms with E-state index in [1.165, 1.54) is 28.6 Å². The monoisotopic (exact) mass is 464 g/mol. The SMILES string of the molecule is Cc1c(C)c(C)c(S(=O)(=O)Nc2ccc(S(=O)(=O)N3CCC(C)CC3)cc2)c(C)c1C. The van der Waals surface area contributed by atoms with Crippen molar-refractivity contribution in [3.8, 4) is 0 Å². The molecule has 1 heterocycles. The number of benzene rings is 2. The van der Waals surface area contributed by atoms with Crippen LogP contribution in [-0.4, -0.2) is 34.2 Å². The first-order chi connectivity index (χ1) is 14.4. The van der Waals surface area contributed by atoms with E-state index >= 15 is 0 Å². The summed E-state index contributed by atoms with van der Waals surface area (Å²) < 4.78 is 56.3. The van der Waals surface area contributed by atoms with Gasteiger partial charge in [0, 0.05) is 18.8 Å². The molecule has 0 aromatic heterocycles. The Balaban J connectivity index is 1.88. The molecule has 6 nitrogen and oxygen atoms in total. The van der Waals surface area contributed by atoms with Gasteiger partial charge in [0.2, 0.25) is 10.0 Å². The minimum Gasteiger partial charge on any atom is -0.280 e. The lowest BCUT2D eigenvalue weighted by atomic mass is 9.95. The quantitative estimate of drug-likeness (QED) is 0.709. The van der Waals surface area contributed by atoms with Gasteiger partial charge in [-0.2, -0.15) is 4.31 Å². The van der Waals surface area contributed by atoms with Gasteiger partial charge in [-0.15, -0.1) is 0 Å². The van der Waals surface area contributed by atoms with Gasteiger partial charge in [-0.05, 0) is 105 Å². The summed E-state index contributed by atoms with van der Waals surface area (Å²) in [4.78, 5) is 0.464. The standard InChI is InChI=1S/C23H32N2O4S2/c1-15-11-13-25(14-12-15)31(28,29)22-9-7-21(8-10-22)24-30(26,27)23-19(5)17(3)16(2)18(4)20(23)6/h7-10,15,24H,11-14H2,1-6H3. The normalized spacial score (nSPS) is 16.5. The van der Waals surface area contributed by atoms with E-state index in [0.29, 0.717) is 24.7 Å². The van der Waals surface area contributed by atoms with E-state index in [0.717, 1.165) is 40.7 Å². The van der Waals surface area contributed by atoms with Gasteiger partial charge in [0.1, 0.15) is 0 Å². The third-order valence-corrected chi connectivity index (χ3v) is 10.3. The molecule has 2 aromatic carbocycles. The summed E-state index contributed by atoms with van der Waals surface area (Å²) in [5, 5.41) is 0. The molecule has 2 aromatic rings. The van der Waals surface area contributed by atoms with Crippen molar-refractivity contribution < 1.29 is 16.8 Å². The largest absolute Gasteiger partial charge is 0.280 e. The van der Waals surface area contributed by atoms with Crippen molar-refractivity contribution in [2.24, 2.45) is 5.92 Å². The van der Waals surface area contributed by atoms with Crippen LogP contribution in [-0.2, 0) is 20.0 Å². The molecule has 1 saturated heterocycles. The summed E-state index contributed by atoms with van der Waals surface area (Å²) in [7, 11) is -7.39. The molecule has 1 aliphatic heterocycles. The Morgan fingerprint density at radius 3 is 1.71 bits per heavy atom. The molecule has 0 aliphatic carbocycles. The number of nitrogens with one attached hydrogen (secondary N) is 1. The first-order valence-electron chi connectivity index (χ1n) is 10.6. The molecule has 0 bridgehead atoms. The van der Waals surface area contributed by atoms with E-state index in [1.54, 1.807) is 0 Å². The van der Waals surface area contributed by atoms with Crippen LogP contribution in [0.4, 0.5) is 5.69 Å². The molecule has 170 valence electrons. The molecule has 1 N–H and O–H groups in total. The maximum Gasteiger partial charge on any atom is 0.262 e. The fourth-order valence-corrected chi connectivity index (χ4v) is 7.27. The molecule has 0 atom stereocenters. The molecule has 1 fully saturated rings. The zero-order chi connectivity index (χ0) is 23.1. The van der Waals surface area contributed by atoms with Crippen molar-refractivity contribution in [1.29, 1.82) is 0 Å². The van der Waals surface area contributed by atoms with Crippen LogP contribution in [0.3, 0.4) is 0 Å². The maximum absolute atomic E-state index is 13.2. The second kappa shape index (κ2) is 8.56. The molecule has 3 rings (SSSR count). The van der Waals surface area contributed by atoms with E-state index in [9.17, 15) is 16.8 Å². The van der Waals surface area contributed by atoms with E-state index in [4.69, 9.17) is 0 Å². The molecule has 31 heavy (non-hydrogen) atoms. The molecule has 1 aliphatic rings. The Bertz CT molecular complexity index is 1160. The Hall–Kier alpha value is -1.90. The Kier molecular flexibility index (Phi) is 6.56. The van der Waals surface area contributed by atoms with E-state index in [2.05, 4.69) is 11.6 Å². The minimum absolute atomic E-state index is 0.180. The highest BCUT2D eigenvalue weighted by Crippen LogP contribution is 2.31. The van der Waals surface area contributed by atoms with Crippen LogP contribution in [0, 0.1) is 40.5 Å². The molecular weight excluding hydrogens is 432 g/mol. The maximum atomic E-state index is 13.2. The number of nitrogens with zero attached hydrogens (tertiary/aromatic N) is 1. The minimum atomic E-state index is -3.82. The molecule has 8 heteroatoms. The Labute approximate surface area is 186 Å². The van der Waals surface area contributed by atoms with Gasteiger partial charge >= 0.3 is 0 Å². The highest BCUT2D eigenvalue weighted by molar-refractivity contribution is 7.92. The number of hydrogen-bond donors (Lipinski definition) is 1. The average Bonchev–Trinajstić information content (AvgIpc) is 2.71. The summed E-state index contributed by atoms with van der Waals surface area (Å²) in [5.74, 6) is 0.532. The number of hydrogen-bond acceptors (Lipinski definition) is 4. The van der Waals surface area contributed by atoms with Crippen molar-refractivity contribution in [1.82, 2.24) is 4.31 Å². The third-order valence-electron chi connectivity index (χ3n) is 6.69. The zero-order valence-electron chi connectivity index (χ0n) is 19.1. The number of rotatable bonds is 5. The number of anilines is 1. The van der Waals surface area contributed by atoms with Crippen LogP contribution in [0.1, 0.15) is 47.6 Å². The van der Waals surface area contributed by atoms with Gasteiger partial charge in [0.05, 0.1) is 9.79 Å². The van der Waals surface area contributed by atoms with Crippen molar-refractivity contribution in [2.45, 2.75) is 64.2 Å². The lowest BCUT2D eigenvalue weighted by molar-refractivity contribution is 0.288. The highest BCUT2D eigenvalue weighted by Gasteiger charge is 2.28. The van der Waals surface area contributed by atoms with Gasteiger partial charge in [-0.3, -0.25) is 4.72 Å². The fraction of sp³-hybridized carbons (Fsp3) is 0.478.